The molecule has 6 heteroatoms. The fraction of sp³-hybridized carbons (Fsp3) is 0.133. The van der Waals surface area contributed by atoms with Gasteiger partial charge in [-0.05, 0) is 22.8 Å². The van der Waals surface area contributed by atoms with Crippen molar-refractivity contribution in [1.82, 2.24) is 4.72 Å². The molecule has 0 fully saturated rings. The lowest BCUT2D eigenvalue weighted by molar-refractivity contribution is 0.0697. The zero-order chi connectivity index (χ0) is 15.5. The molecule has 110 valence electrons. The first-order chi connectivity index (χ1) is 9.87. The van der Waals surface area contributed by atoms with E-state index in [1.165, 1.54) is 0 Å². The molecule has 0 saturated carbocycles. The van der Waals surface area contributed by atoms with Crippen molar-refractivity contribution in [2.24, 2.45) is 0 Å². The van der Waals surface area contributed by atoms with Gasteiger partial charge in [0.15, 0.2) is 0 Å². The number of hydrogen-bond donors (Lipinski definition) is 2. The van der Waals surface area contributed by atoms with Crippen LogP contribution in [0.1, 0.15) is 15.9 Å². The van der Waals surface area contributed by atoms with Crippen molar-refractivity contribution in [1.29, 1.82) is 0 Å². The fourth-order valence-corrected chi connectivity index (χ4v) is 2.37. The number of rotatable bonds is 5. The van der Waals surface area contributed by atoms with E-state index in [0.29, 0.717) is 5.56 Å². The molecule has 0 heterocycles. The number of sulfonamides is 1. The third-order valence-electron chi connectivity index (χ3n) is 2.96. The van der Waals surface area contributed by atoms with Crippen LogP contribution in [0.3, 0.4) is 0 Å². The van der Waals surface area contributed by atoms with Crippen molar-refractivity contribution >= 4 is 16.0 Å². The summed E-state index contributed by atoms with van der Waals surface area (Å²) in [5.74, 6) is -0.978. The van der Waals surface area contributed by atoms with Crippen molar-refractivity contribution in [3.05, 3.63) is 59.7 Å². The van der Waals surface area contributed by atoms with Crippen LogP contribution in [0, 0.1) is 0 Å². The second-order valence-electron chi connectivity index (χ2n) is 4.64. The summed E-state index contributed by atoms with van der Waals surface area (Å²) in [7, 11) is -3.23. The SMILES string of the molecule is CS(=O)(=O)NCc1ccc(-c2ccccc2C(=O)O)cc1. The zero-order valence-electron chi connectivity index (χ0n) is 11.4. The molecule has 0 radical (unpaired) electrons. The molecule has 0 saturated heterocycles. The Hall–Kier alpha value is -2.18. The van der Waals surface area contributed by atoms with Crippen LogP contribution in [0.4, 0.5) is 0 Å². The topological polar surface area (TPSA) is 83.5 Å². The highest BCUT2D eigenvalue weighted by Gasteiger charge is 2.10. The molecule has 2 N–H and O–H groups in total. The normalized spacial score (nSPS) is 11.3. The maximum absolute atomic E-state index is 11.2. The van der Waals surface area contributed by atoms with Gasteiger partial charge in [-0.3, -0.25) is 0 Å². The first kappa shape index (κ1) is 15.2. The summed E-state index contributed by atoms with van der Waals surface area (Å²) < 4.78 is 24.5. The van der Waals surface area contributed by atoms with E-state index < -0.39 is 16.0 Å². The molecule has 0 aromatic heterocycles. The number of carboxylic acid groups (broad SMARTS) is 1. The van der Waals surface area contributed by atoms with E-state index in [2.05, 4.69) is 4.72 Å². The van der Waals surface area contributed by atoms with Gasteiger partial charge in [0.2, 0.25) is 10.0 Å². The molecule has 0 bridgehead atoms. The van der Waals surface area contributed by atoms with Gasteiger partial charge < -0.3 is 5.11 Å². The Labute approximate surface area is 123 Å². The molecular weight excluding hydrogens is 290 g/mol. The molecule has 0 amide bonds. The molecule has 2 aromatic carbocycles. The highest BCUT2D eigenvalue weighted by Crippen LogP contribution is 2.24. The summed E-state index contributed by atoms with van der Waals surface area (Å²) in [6.07, 6.45) is 1.10. The molecule has 21 heavy (non-hydrogen) atoms. The Morgan fingerprint density at radius 2 is 1.71 bits per heavy atom. The molecule has 0 spiro atoms. The van der Waals surface area contributed by atoms with Gasteiger partial charge in [-0.15, -0.1) is 0 Å². The lowest BCUT2D eigenvalue weighted by Gasteiger charge is -2.08. The van der Waals surface area contributed by atoms with Crippen LogP contribution < -0.4 is 4.72 Å². The minimum absolute atomic E-state index is 0.208. The first-order valence-corrected chi connectivity index (χ1v) is 8.12. The van der Waals surface area contributed by atoms with Crippen LogP contribution in [-0.4, -0.2) is 25.7 Å². The van der Waals surface area contributed by atoms with Crippen LogP contribution in [0.15, 0.2) is 48.5 Å². The summed E-state index contributed by atoms with van der Waals surface area (Å²) in [5.41, 5.74) is 2.44. The molecule has 0 unspecified atom stereocenters. The quantitative estimate of drug-likeness (QED) is 0.886. The molecule has 5 nitrogen and oxygen atoms in total. The zero-order valence-corrected chi connectivity index (χ0v) is 12.2. The second-order valence-corrected chi connectivity index (χ2v) is 6.47. The Kier molecular flexibility index (Phi) is 4.40. The highest BCUT2D eigenvalue weighted by molar-refractivity contribution is 7.88. The third kappa shape index (κ3) is 4.14. The first-order valence-electron chi connectivity index (χ1n) is 6.23. The van der Waals surface area contributed by atoms with Gasteiger partial charge in [0.25, 0.3) is 0 Å². The number of aromatic carboxylic acids is 1. The average Bonchev–Trinajstić information content (AvgIpc) is 2.45. The van der Waals surface area contributed by atoms with Crippen molar-refractivity contribution in [2.45, 2.75) is 6.54 Å². The van der Waals surface area contributed by atoms with Gasteiger partial charge >= 0.3 is 5.97 Å². The van der Waals surface area contributed by atoms with Crippen molar-refractivity contribution < 1.29 is 18.3 Å². The maximum atomic E-state index is 11.2. The van der Waals surface area contributed by atoms with Gasteiger partial charge in [-0.1, -0.05) is 42.5 Å². The van der Waals surface area contributed by atoms with Gasteiger partial charge in [-0.25, -0.2) is 17.9 Å². The third-order valence-corrected chi connectivity index (χ3v) is 3.63. The van der Waals surface area contributed by atoms with Crippen LogP contribution in [0.2, 0.25) is 0 Å². The minimum atomic E-state index is -3.23. The Morgan fingerprint density at radius 3 is 2.29 bits per heavy atom. The summed E-state index contributed by atoms with van der Waals surface area (Å²) in [6.45, 7) is 0.208. The van der Waals surface area contributed by atoms with E-state index >= 15 is 0 Å². The van der Waals surface area contributed by atoms with Gasteiger partial charge in [-0.2, -0.15) is 0 Å². The molecule has 0 aliphatic rings. The number of nitrogens with one attached hydrogen (secondary N) is 1. The predicted molar refractivity (Wildman–Crippen MR) is 80.5 cm³/mol. The fourth-order valence-electron chi connectivity index (χ4n) is 1.94. The van der Waals surface area contributed by atoms with E-state index in [9.17, 15) is 18.3 Å². The Bertz CT molecular complexity index is 751. The number of hydrogen-bond acceptors (Lipinski definition) is 3. The number of benzene rings is 2. The van der Waals surface area contributed by atoms with Crippen molar-refractivity contribution in [3.8, 4) is 11.1 Å². The van der Waals surface area contributed by atoms with E-state index in [4.69, 9.17) is 0 Å². The predicted octanol–water partition coefficient (Wildman–Crippen LogP) is 2.10. The highest BCUT2D eigenvalue weighted by atomic mass is 32.2. The monoisotopic (exact) mass is 305 g/mol. The minimum Gasteiger partial charge on any atom is -0.478 e. The largest absolute Gasteiger partial charge is 0.478 e. The molecule has 2 rings (SSSR count). The standard InChI is InChI=1S/C15H15NO4S/c1-21(19,20)16-10-11-6-8-12(9-7-11)13-4-2-3-5-14(13)15(17)18/h2-9,16H,10H2,1H3,(H,17,18). The lowest BCUT2D eigenvalue weighted by Crippen LogP contribution is -2.21. The van der Waals surface area contributed by atoms with Gasteiger partial charge in [0.05, 0.1) is 11.8 Å². The van der Waals surface area contributed by atoms with Gasteiger partial charge in [0, 0.05) is 6.54 Å². The molecule has 0 aliphatic carbocycles. The van der Waals surface area contributed by atoms with Crippen LogP contribution >= 0.6 is 0 Å². The van der Waals surface area contributed by atoms with E-state index in [1.807, 2.05) is 0 Å². The number of carbonyl (C=O) groups is 1. The van der Waals surface area contributed by atoms with Gasteiger partial charge in [0.1, 0.15) is 0 Å². The van der Waals surface area contributed by atoms with Crippen molar-refractivity contribution in [2.75, 3.05) is 6.26 Å². The van der Waals surface area contributed by atoms with E-state index in [0.717, 1.165) is 17.4 Å². The van der Waals surface area contributed by atoms with E-state index in [1.54, 1.807) is 48.5 Å². The second kappa shape index (κ2) is 6.07. The summed E-state index contributed by atoms with van der Waals surface area (Å²) in [6, 6.07) is 13.8. The molecule has 2 aromatic rings. The number of carboxylic acids is 1. The molecule has 0 atom stereocenters. The Balaban J connectivity index is 2.25. The molecule has 0 aliphatic heterocycles. The lowest BCUT2D eigenvalue weighted by atomic mass is 9.99. The van der Waals surface area contributed by atoms with E-state index in [-0.39, 0.29) is 12.1 Å². The maximum Gasteiger partial charge on any atom is 0.336 e. The van der Waals surface area contributed by atoms with Crippen LogP contribution in [0.25, 0.3) is 11.1 Å². The smallest absolute Gasteiger partial charge is 0.336 e. The summed E-state index contributed by atoms with van der Waals surface area (Å²) >= 11 is 0. The summed E-state index contributed by atoms with van der Waals surface area (Å²) in [5, 5.41) is 9.18. The molecular formula is C15H15NO4S. The van der Waals surface area contributed by atoms with Crippen molar-refractivity contribution in [3.63, 3.8) is 0 Å². The van der Waals surface area contributed by atoms with Crippen LogP contribution in [0.5, 0.6) is 0 Å². The Morgan fingerprint density at radius 1 is 1.10 bits per heavy atom. The summed E-state index contributed by atoms with van der Waals surface area (Å²) in [4.78, 5) is 11.2. The average molecular weight is 305 g/mol. The van der Waals surface area contributed by atoms with Crippen LogP contribution in [-0.2, 0) is 16.6 Å².